The van der Waals surface area contributed by atoms with E-state index < -0.39 is 0 Å². The van der Waals surface area contributed by atoms with Crippen molar-refractivity contribution in [3.8, 4) is 0 Å². The fraction of sp³-hybridized carbons (Fsp3) is 0.750. The van der Waals surface area contributed by atoms with E-state index in [2.05, 4.69) is 31.7 Å². The molecule has 1 fully saturated rings. The molecule has 1 saturated heterocycles. The van der Waals surface area contributed by atoms with E-state index in [4.69, 9.17) is 17.3 Å². The van der Waals surface area contributed by atoms with Crippen LogP contribution in [-0.2, 0) is 0 Å². The van der Waals surface area contributed by atoms with Crippen molar-refractivity contribution in [1.29, 1.82) is 0 Å². The topological polar surface area (TPSA) is 29.3 Å². The number of halogens is 1. The lowest BCUT2D eigenvalue weighted by molar-refractivity contribution is 0.174. The van der Waals surface area contributed by atoms with E-state index in [9.17, 15) is 0 Å². The lowest BCUT2D eigenvalue weighted by Gasteiger charge is -2.34. The van der Waals surface area contributed by atoms with Gasteiger partial charge in [-0.05, 0) is 49.8 Å². The maximum absolute atomic E-state index is 6.43. The summed E-state index contributed by atoms with van der Waals surface area (Å²) in [7, 11) is 0. The Balaban J connectivity index is 2.21. The molecule has 2 rings (SSSR count). The van der Waals surface area contributed by atoms with E-state index in [0.29, 0.717) is 11.5 Å². The van der Waals surface area contributed by atoms with Crippen molar-refractivity contribution in [3.63, 3.8) is 0 Å². The molecule has 2 heterocycles. The van der Waals surface area contributed by atoms with Gasteiger partial charge < -0.3 is 5.73 Å². The zero-order valence-electron chi connectivity index (χ0n) is 12.9. The molecular weight excluding hydrogens is 288 g/mol. The second-order valence-electron chi connectivity index (χ2n) is 6.09. The first-order valence-electron chi connectivity index (χ1n) is 7.80. The number of rotatable bonds is 6. The molecule has 0 aromatic carbocycles. The number of nitrogens with zero attached hydrogens (tertiary/aromatic N) is 1. The fourth-order valence-electron chi connectivity index (χ4n) is 3.41. The standard InChI is InChI=1S/C16H27ClN2S/c1-4-12(18)15(13-7-8-14(17)20-13)19-10-9-16(5-2,6-3)11-19/h7-8,12,15H,4-6,9-11,18H2,1-3H3. The van der Waals surface area contributed by atoms with Gasteiger partial charge in [-0.2, -0.15) is 0 Å². The molecule has 0 amide bonds. The number of hydrogen-bond acceptors (Lipinski definition) is 3. The maximum atomic E-state index is 6.43. The smallest absolute Gasteiger partial charge is 0.0931 e. The van der Waals surface area contributed by atoms with Crippen LogP contribution in [0.25, 0.3) is 0 Å². The van der Waals surface area contributed by atoms with Gasteiger partial charge in [0.2, 0.25) is 0 Å². The van der Waals surface area contributed by atoms with Crippen molar-refractivity contribution >= 4 is 22.9 Å². The van der Waals surface area contributed by atoms with Gasteiger partial charge in [-0.3, -0.25) is 4.90 Å². The zero-order chi connectivity index (χ0) is 14.8. The highest BCUT2D eigenvalue weighted by Gasteiger charge is 2.39. The normalized spacial score (nSPS) is 22.1. The molecule has 2 N–H and O–H groups in total. The molecule has 0 saturated carbocycles. The average molecular weight is 315 g/mol. The van der Waals surface area contributed by atoms with E-state index in [1.807, 2.05) is 6.07 Å². The molecule has 114 valence electrons. The highest BCUT2D eigenvalue weighted by atomic mass is 35.5. The van der Waals surface area contributed by atoms with E-state index >= 15 is 0 Å². The van der Waals surface area contributed by atoms with Crippen LogP contribution in [0, 0.1) is 5.41 Å². The van der Waals surface area contributed by atoms with Crippen molar-refractivity contribution in [2.24, 2.45) is 11.1 Å². The van der Waals surface area contributed by atoms with Crippen LogP contribution in [0.2, 0.25) is 4.34 Å². The van der Waals surface area contributed by atoms with Gasteiger partial charge in [-0.25, -0.2) is 0 Å². The number of likely N-dealkylation sites (tertiary alicyclic amines) is 1. The van der Waals surface area contributed by atoms with Crippen LogP contribution in [0.4, 0.5) is 0 Å². The summed E-state index contributed by atoms with van der Waals surface area (Å²) in [6, 6.07) is 4.68. The second kappa shape index (κ2) is 6.78. The molecule has 4 heteroatoms. The SMILES string of the molecule is CCC(N)C(c1ccc(Cl)s1)N1CCC(CC)(CC)C1. The van der Waals surface area contributed by atoms with Gasteiger partial charge in [0.15, 0.2) is 0 Å². The second-order valence-corrected chi connectivity index (χ2v) is 7.83. The monoisotopic (exact) mass is 314 g/mol. The van der Waals surface area contributed by atoms with Crippen LogP contribution < -0.4 is 5.73 Å². The number of hydrogen-bond donors (Lipinski definition) is 1. The summed E-state index contributed by atoms with van der Waals surface area (Å²) >= 11 is 7.81. The van der Waals surface area contributed by atoms with Crippen LogP contribution >= 0.6 is 22.9 Å². The van der Waals surface area contributed by atoms with Crippen molar-refractivity contribution in [2.45, 2.75) is 58.5 Å². The van der Waals surface area contributed by atoms with Crippen LogP contribution in [0.3, 0.4) is 0 Å². The first-order chi connectivity index (χ1) is 9.55. The van der Waals surface area contributed by atoms with Crippen LogP contribution in [0.1, 0.15) is 57.4 Å². The van der Waals surface area contributed by atoms with E-state index in [0.717, 1.165) is 17.3 Å². The van der Waals surface area contributed by atoms with Gasteiger partial charge >= 0.3 is 0 Å². The minimum Gasteiger partial charge on any atom is -0.326 e. The molecule has 1 aliphatic heterocycles. The van der Waals surface area contributed by atoms with Gasteiger partial charge in [0, 0.05) is 17.5 Å². The summed E-state index contributed by atoms with van der Waals surface area (Å²) in [6.07, 6.45) is 4.83. The first kappa shape index (κ1) is 16.3. The van der Waals surface area contributed by atoms with Crippen molar-refractivity contribution < 1.29 is 0 Å². The predicted octanol–water partition coefficient (Wildman–Crippen LogP) is 4.69. The van der Waals surface area contributed by atoms with Gasteiger partial charge in [-0.1, -0.05) is 32.4 Å². The molecule has 20 heavy (non-hydrogen) atoms. The molecule has 2 nitrogen and oxygen atoms in total. The lowest BCUT2D eigenvalue weighted by Crippen LogP contribution is -2.40. The largest absolute Gasteiger partial charge is 0.326 e. The van der Waals surface area contributed by atoms with Crippen LogP contribution in [-0.4, -0.2) is 24.0 Å². The molecule has 1 aromatic rings. The summed E-state index contributed by atoms with van der Waals surface area (Å²) in [5.41, 5.74) is 6.92. The Labute approximate surface area is 132 Å². The van der Waals surface area contributed by atoms with E-state index in [1.165, 1.54) is 30.7 Å². The number of nitrogens with two attached hydrogens (primary N) is 1. The minimum absolute atomic E-state index is 0.189. The number of thiophene rings is 1. The summed E-state index contributed by atoms with van der Waals surface area (Å²) in [5.74, 6) is 0. The summed E-state index contributed by atoms with van der Waals surface area (Å²) in [6.45, 7) is 9.16. The van der Waals surface area contributed by atoms with Gasteiger partial charge in [0.05, 0.1) is 10.4 Å². The third kappa shape index (κ3) is 3.22. The summed E-state index contributed by atoms with van der Waals surface area (Å²) in [5, 5.41) is 0. The Hall–Kier alpha value is -0.0900. The Bertz CT molecular complexity index is 428. The van der Waals surface area contributed by atoms with Crippen molar-refractivity contribution in [1.82, 2.24) is 4.90 Å². The predicted molar refractivity (Wildman–Crippen MR) is 89.5 cm³/mol. The van der Waals surface area contributed by atoms with E-state index in [-0.39, 0.29) is 6.04 Å². The highest BCUT2D eigenvalue weighted by molar-refractivity contribution is 7.16. The Morgan fingerprint density at radius 1 is 1.35 bits per heavy atom. The molecule has 0 spiro atoms. The van der Waals surface area contributed by atoms with Gasteiger partial charge in [0.1, 0.15) is 0 Å². The molecule has 1 aliphatic rings. The molecule has 0 aliphatic carbocycles. The minimum atomic E-state index is 0.189. The Morgan fingerprint density at radius 3 is 2.50 bits per heavy atom. The molecule has 1 aromatic heterocycles. The molecule has 0 radical (unpaired) electrons. The molecule has 2 atom stereocenters. The zero-order valence-corrected chi connectivity index (χ0v) is 14.4. The van der Waals surface area contributed by atoms with Crippen LogP contribution in [0.5, 0.6) is 0 Å². The summed E-state index contributed by atoms with van der Waals surface area (Å²) in [4.78, 5) is 3.93. The molecule has 0 bridgehead atoms. The maximum Gasteiger partial charge on any atom is 0.0931 e. The third-order valence-corrected chi connectivity index (χ3v) is 6.43. The van der Waals surface area contributed by atoms with Crippen LogP contribution in [0.15, 0.2) is 12.1 Å². The third-order valence-electron chi connectivity index (χ3n) is 5.12. The van der Waals surface area contributed by atoms with Gasteiger partial charge in [-0.15, -0.1) is 11.3 Å². The van der Waals surface area contributed by atoms with Gasteiger partial charge in [0.25, 0.3) is 0 Å². The first-order valence-corrected chi connectivity index (χ1v) is 8.99. The Kier molecular flexibility index (Phi) is 5.52. The average Bonchev–Trinajstić information content (AvgIpc) is 3.07. The molecule has 2 unspecified atom stereocenters. The van der Waals surface area contributed by atoms with Crippen molar-refractivity contribution in [3.05, 3.63) is 21.3 Å². The Morgan fingerprint density at radius 2 is 2.05 bits per heavy atom. The molecular formula is C16H27ClN2S. The fourth-order valence-corrected chi connectivity index (χ4v) is 4.68. The quantitative estimate of drug-likeness (QED) is 0.825. The highest BCUT2D eigenvalue weighted by Crippen LogP contribution is 2.43. The summed E-state index contributed by atoms with van der Waals surface area (Å²) < 4.78 is 0.866. The lowest BCUT2D eigenvalue weighted by atomic mass is 9.82. The van der Waals surface area contributed by atoms with Crippen molar-refractivity contribution in [2.75, 3.05) is 13.1 Å². The van der Waals surface area contributed by atoms with E-state index in [1.54, 1.807) is 11.3 Å².